The Kier molecular flexibility index (Phi) is 5.28. The summed E-state index contributed by atoms with van der Waals surface area (Å²) in [5.74, 6) is 1.02. The summed E-state index contributed by atoms with van der Waals surface area (Å²) in [7, 11) is 0. The fourth-order valence-electron chi connectivity index (χ4n) is 3.09. The van der Waals surface area contributed by atoms with Gasteiger partial charge >= 0.3 is 0 Å². The molecule has 1 aliphatic heterocycles. The van der Waals surface area contributed by atoms with Crippen LogP contribution in [-0.4, -0.2) is 45.3 Å². The lowest BCUT2D eigenvalue weighted by atomic mass is 9.98. The van der Waals surface area contributed by atoms with Gasteiger partial charge in [0, 0.05) is 25.2 Å². The van der Waals surface area contributed by atoms with E-state index in [0.717, 1.165) is 24.9 Å². The number of fused-ring (bicyclic) bond motifs is 1. The Hall–Kier alpha value is -2.89. The predicted octanol–water partition coefficient (Wildman–Crippen LogP) is 2.85. The molecular weight excluding hydrogens is 316 g/mol. The minimum Gasteiger partial charge on any atom is -0.493 e. The van der Waals surface area contributed by atoms with E-state index in [-0.39, 0.29) is 5.91 Å². The van der Waals surface area contributed by atoms with Gasteiger partial charge in [-0.25, -0.2) is 4.52 Å². The number of nitrogens with zero attached hydrogens (tertiary/aromatic N) is 4. The second kappa shape index (κ2) is 7.79. The average molecular weight is 338 g/mol. The molecular formula is C19H22N4O2. The molecule has 1 unspecified atom stereocenters. The van der Waals surface area contributed by atoms with Crippen molar-refractivity contribution in [2.45, 2.75) is 12.8 Å². The first-order chi connectivity index (χ1) is 12.2. The first-order valence-electron chi connectivity index (χ1n) is 8.39. The molecule has 0 bridgehead atoms. The lowest BCUT2D eigenvalue weighted by Crippen LogP contribution is -2.41. The highest BCUT2D eigenvalue weighted by Crippen LogP contribution is 2.21. The van der Waals surface area contributed by atoms with Crippen LogP contribution in [0.15, 0.2) is 61.7 Å². The van der Waals surface area contributed by atoms with Gasteiger partial charge in [-0.2, -0.15) is 0 Å². The number of rotatable bonds is 6. The van der Waals surface area contributed by atoms with Gasteiger partial charge in [-0.05, 0) is 37.1 Å². The predicted molar refractivity (Wildman–Crippen MR) is 96.0 cm³/mol. The van der Waals surface area contributed by atoms with Crippen molar-refractivity contribution in [2.75, 3.05) is 19.7 Å². The molecule has 0 aliphatic carbocycles. The van der Waals surface area contributed by atoms with E-state index in [4.69, 9.17) is 4.74 Å². The van der Waals surface area contributed by atoms with Crippen molar-refractivity contribution in [3.8, 4) is 0 Å². The third-order valence-corrected chi connectivity index (χ3v) is 4.35. The molecule has 1 saturated heterocycles. The van der Waals surface area contributed by atoms with E-state index in [1.807, 2.05) is 17.0 Å². The van der Waals surface area contributed by atoms with E-state index in [1.54, 1.807) is 35.1 Å². The van der Waals surface area contributed by atoms with Crippen molar-refractivity contribution in [3.05, 3.63) is 67.2 Å². The Labute approximate surface area is 147 Å². The van der Waals surface area contributed by atoms with Gasteiger partial charge < -0.3 is 9.64 Å². The third kappa shape index (κ3) is 3.79. The maximum absolute atomic E-state index is 12.9. The summed E-state index contributed by atoms with van der Waals surface area (Å²) in [5.41, 5.74) is 1.36. The molecule has 1 aliphatic rings. The smallest absolute Gasteiger partial charge is 0.256 e. The monoisotopic (exact) mass is 338 g/mol. The van der Waals surface area contributed by atoms with Crippen LogP contribution in [0.1, 0.15) is 23.2 Å². The van der Waals surface area contributed by atoms with E-state index in [0.29, 0.717) is 30.4 Å². The fourth-order valence-corrected chi connectivity index (χ4v) is 3.09. The van der Waals surface area contributed by atoms with Crippen LogP contribution in [0, 0.1) is 5.92 Å². The number of amides is 1. The summed E-state index contributed by atoms with van der Waals surface area (Å²) < 4.78 is 7.39. The highest BCUT2D eigenvalue weighted by atomic mass is 16.5. The summed E-state index contributed by atoms with van der Waals surface area (Å²) in [4.78, 5) is 14.8. The highest BCUT2D eigenvalue weighted by Gasteiger charge is 2.26. The van der Waals surface area contributed by atoms with Gasteiger partial charge in [0.25, 0.3) is 5.91 Å². The second-order valence-electron chi connectivity index (χ2n) is 6.06. The van der Waals surface area contributed by atoms with Gasteiger partial charge in [0.15, 0.2) is 0 Å². The van der Waals surface area contributed by atoms with Gasteiger partial charge in [-0.3, -0.25) is 4.79 Å². The van der Waals surface area contributed by atoms with Gasteiger partial charge in [0.05, 0.1) is 23.9 Å². The molecule has 0 radical (unpaired) electrons. The van der Waals surface area contributed by atoms with Crippen LogP contribution in [0.4, 0.5) is 0 Å². The van der Waals surface area contributed by atoms with E-state index in [2.05, 4.69) is 23.5 Å². The van der Waals surface area contributed by atoms with Crippen molar-refractivity contribution in [1.82, 2.24) is 19.7 Å². The van der Waals surface area contributed by atoms with Crippen molar-refractivity contribution in [2.24, 2.45) is 5.92 Å². The molecule has 0 saturated carbocycles. The minimum absolute atomic E-state index is 0.0168. The zero-order valence-electron chi connectivity index (χ0n) is 14.2. The molecule has 3 heterocycles. The average Bonchev–Trinajstić information content (AvgIpc) is 3.13. The zero-order valence-corrected chi connectivity index (χ0v) is 14.2. The van der Waals surface area contributed by atoms with Gasteiger partial charge in [-0.15, -0.1) is 5.10 Å². The zero-order chi connectivity index (χ0) is 17.6. The third-order valence-electron chi connectivity index (χ3n) is 4.35. The summed E-state index contributed by atoms with van der Waals surface area (Å²) in [6, 6.07) is 3.64. The van der Waals surface area contributed by atoms with Crippen molar-refractivity contribution in [3.63, 3.8) is 0 Å². The standard InChI is InChI=1S/C19H22N4O2/c1-3-7-16(4-2)25-14-15-8-5-10-22(13-15)19(24)17-9-6-11-23-18(17)12-20-21-23/h3-4,6-7,9,11-12,15H,1-2,5,8,10,13-14H2/b16-7+. The summed E-state index contributed by atoms with van der Waals surface area (Å²) in [6.45, 7) is 9.40. The number of ether oxygens (including phenoxy) is 1. The van der Waals surface area contributed by atoms with Crippen LogP contribution in [-0.2, 0) is 4.74 Å². The van der Waals surface area contributed by atoms with Crippen LogP contribution in [0.3, 0.4) is 0 Å². The van der Waals surface area contributed by atoms with Crippen molar-refractivity contribution in [1.29, 1.82) is 0 Å². The molecule has 3 rings (SSSR count). The van der Waals surface area contributed by atoms with Crippen LogP contribution in [0.5, 0.6) is 0 Å². The molecule has 2 aromatic heterocycles. The number of pyridine rings is 1. The van der Waals surface area contributed by atoms with Crippen molar-refractivity contribution < 1.29 is 9.53 Å². The molecule has 130 valence electrons. The summed E-state index contributed by atoms with van der Waals surface area (Å²) in [6.07, 6.45) is 10.5. The molecule has 6 heteroatoms. The highest BCUT2D eigenvalue weighted by molar-refractivity contribution is 6.00. The van der Waals surface area contributed by atoms with E-state index >= 15 is 0 Å². The number of hydrogen-bond donors (Lipinski definition) is 0. The Morgan fingerprint density at radius 3 is 3.12 bits per heavy atom. The van der Waals surface area contributed by atoms with Crippen LogP contribution >= 0.6 is 0 Å². The lowest BCUT2D eigenvalue weighted by Gasteiger charge is -2.32. The number of carbonyl (C=O) groups is 1. The number of likely N-dealkylation sites (tertiary alicyclic amines) is 1. The molecule has 6 nitrogen and oxygen atoms in total. The van der Waals surface area contributed by atoms with E-state index in [9.17, 15) is 4.79 Å². The largest absolute Gasteiger partial charge is 0.493 e. The maximum atomic E-state index is 12.9. The number of carbonyl (C=O) groups excluding carboxylic acids is 1. The minimum atomic E-state index is 0.0168. The number of allylic oxidation sites excluding steroid dienone is 3. The molecule has 2 aromatic rings. The SMILES string of the molecule is C=C/C=C(\C=C)OCC1CCCN(C(=O)c2cccn3nncc23)C1. The normalized spacial score (nSPS) is 18.2. The number of hydrogen-bond acceptors (Lipinski definition) is 4. The first kappa shape index (κ1) is 17.0. The van der Waals surface area contributed by atoms with Gasteiger partial charge in [0.1, 0.15) is 5.76 Å². The van der Waals surface area contributed by atoms with Gasteiger partial charge in [0.2, 0.25) is 0 Å². The summed E-state index contributed by atoms with van der Waals surface area (Å²) in [5, 5.41) is 7.83. The number of piperidine rings is 1. The molecule has 0 aromatic carbocycles. The Morgan fingerprint density at radius 2 is 2.32 bits per heavy atom. The number of aromatic nitrogens is 3. The van der Waals surface area contributed by atoms with Crippen LogP contribution < -0.4 is 0 Å². The Morgan fingerprint density at radius 1 is 1.44 bits per heavy atom. The van der Waals surface area contributed by atoms with Gasteiger partial charge in [-0.1, -0.05) is 24.4 Å². The van der Waals surface area contributed by atoms with Crippen LogP contribution in [0.2, 0.25) is 0 Å². The Bertz CT molecular complexity index is 809. The maximum Gasteiger partial charge on any atom is 0.256 e. The van der Waals surface area contributed by atoms with E-state index < -0.39 is 0 Å². The van der Waals surface area contributed by atoms with Crippen LogP contribution in [0.25, 0.3) is 5.52 Å². The molecule has 0 N–H and O–H groups in total. The second-order valence-corrected chi connectivity index (χ2v) is 6.06. The molecule has 1 atom stereocenters. The lowest BCUT2D eigenvalue weighted by molar-refractivity contribution is 0.0595. The first-order valence-corrected chi connectivity index (χ1v) is 8.39. The molecule has 25 heavy (non-hydrogen) atoms. The summed E-state index contributed by atoms with van der Waals surface area (Å²) >= 11 is 0. The fraction of sp³-hybridized carbons (Fsp3) is 0.316. The topological polar surface area (TPSA) is 59.7 Å². The molecule has 1 fully saturated rings. The Balaban J connectivity index is 1.67. The molecule has 0 spiro atoms. The van der Waals surface area contributed by atoms with Crippen molar-refractivity contribution >= 4 is 11.4 Å². The van der Waals surface area contributed by atoms with E-state index in [1.165, 1.54) is 0 Å². The quantitative estimate of drug-likeness (QED) is 0.600. The molecule has 1 amide bonds.